The van der Waals surface area contributed by atoms with E-state index in [4.69, 9.17) is 4.74 Å². The Morgan fingerprint density at radius 1 is 0.931 bits per heavy atom. The molecule has 0 aliphatic rings. The van der Waals surface area contributed by atoms with Gasteiger partial charge in [0.2, 0.25) is 5.91 Å². The SMILES string of the molecule is COc1ccc(C[C@](C)(O)CNC(=O)C(c2ccccc2)c2ccccc2)cc1. The number of ether oxygens (including phenoxy) is 1. The molecule has 4 heteroatoms. The molecule has 4 nitrogen and oxygen atoms in total. The van der Waals surface area contributed by atoms with Crippen LogP contribution >= 0.6 is 0 Å². The first-order valence-corrected chi connectivity index (χ1v) is 9.71. The molecule has 0 heterocycles. The molecular formula is C25H27NO3. The average molecular weight is 389 g/mol. The second-order valence-corrected chi connectivity index (χ2v) is 7.49. The third-order valence-electron chi connectivity index (χ3n) is 4.92. The maximum Gasteiger partial charge on any atom is 0.232 e. The van der Waals surface area contributed by atoms with E-state index in [2.05, 4.69) is 5.32 Å². The lowest BCUT2D eigenvalue weighted by atomic mass is 9.90. The van der Waals surface area contributed by atoms with Crippen molar-refractivity contribution in [1.82, 2.24) is 5.32 Å². The highest BCUT2D eigenvalue weighted by molar-refractivity contribution is 5.87. The Kier molecular flexibility index (Phi) is 6.68. The molecule has 0 radical (unpaired) electrons. The fourth-order valence-electron chi connectivity index (χ4n) is 3.41. The molecule has 0 bridgehead atoms. The molecule has 3 aromatic carbocycles. The lowest BCUT2D eigenvalue weighted by Gasteiger charge is -2.26. The van der Waals surface area contributed by atoms with Crippen LogP contribution in [0.15, 0.2) is 84.9 Å². The molecule has 3 aromatic rings. The van der Waals surface area contributed by atoms with E-state index in [1.165, 1.54) is 0 Å². The maximum absolute atomic E-state index is 13.1. The summed E-state index contributed by atoms with van der Waals surface area (Å²) in [5.41, 5.74) is 1.76. The fraction of sp³-hybridized carbons (Fsp3) is 0.240. The van der Waals surface area contributed by atoms with Crippen LogP contribution in [0.3, 0.4) is 0 Å². The minimum Gasteiger partial charge on any atom is -0.497 e. The molecule has 1 atom stereocenters. The van der Waals surface area contributed by atoms with Crippen molar-refractivity contribution < 1.29 is 14.6 Å². The van der Waals surface area contributed by atoms with E-state index in [9.17, 15) is 9.90 Å². The smallest absolute Gasteiger partial charge is 0.232 e. The van der Waals surface area contributed by atoms with Gasteiger partial charge in [0.1, 0.15) is 5.75 Å². The van der Waals surface area contributed by atoms with Gasteiger partial charge in [-0.2, -0.15) is 0 Å². The predicted molar refractivity (Wildman–Crippen MR) is 115 cm³/mol. The Morgan fingerprint density at radius 2 is 1.45 bits per heavy atom. The zero-order valence-corrected chi connectivity index (χ0v) is 16.8. The number of methoxy groups -OCH3 is 1. The molecule has 0 spiro atoms. The van der Waals surface area contributed by atoms with E-state index in [-0.39, 0.29) is 12.5 Å². The summed E-state index contributed by atoms with van der Waals surface area (Å²) < 4.78 is 5.17. The van der Waals surface area contributed by atoms with Crippen LogP contribution in [0.5, 0.6) is 5.75 Å². The molecule has 0 aromatic heterocycles. The first-order chi connectivity index (χ1) is 14.0. The average Bonchev–Trinajstić information content (AvgIpc) is 2.74. The molecule has 0 aliphatic heterocycles. The summed E-state index contributed by atoms with van der Waals surface area (Å²) in [4.78, 5) is 13.1. The van der Waals surface area contributed by atoms with Crippen LogP contribution in [0.1, 0.15) is 29.5 Å². The molecule has 0 aliphatic carbocycles. The van der Waals surface area contributed by atoms with Crippen molar-refractivity contribution in [2.75, 3.05) is 13.7 Å². The largest absolute Gasteiger partial charge is 0.497 e. The number of nitrogens with one attached hydrogen (secondary N) is 1. The number of hydrogen-bond acceptors (Lipinski definition) is 3. The summed E-state index contributed by atoms with van der Waals surface area (Å²) in [5.74, 6) is 0.224. The topological polar surface area (TPSA) is 58.6 Å². The van der Waals surface area contributed by atoms with Gasteiger partial charge >= 0.3 is 0 Å². The molecule has 0 unspecified atom stereocenters. The molecule has 1 amide bonds. The summed E-state index contributed by atoms with van der Waals surface area (Å²) in [6.07, 6.45) is 0.429. The van der Waals surface area contributed by atoms with Crippen molar-refractivity contribution in [3.8, 4) is 5.75 Å². The monoisotopic (exact) mass is 389 g/mol. The van der Waals surface area contributed by atoms with Gasteiger partial charge in [-0.1, -0.05) is 72.8 Å². The summed E-state index contributed by atoms with van der Waals surface area (Å²) in [6, 6.07) is 27.0. The van der Waals surface area contributed by atoms with E-state index in [0.717, 1.165) is 22.4 Å². The number of carbonyl (C=O) groups is 1. The third kappa shape index (κ3) is 5.69. The Labute approximate surface area is 172 Å². The maximum atomic E-state index is 13.1. The number of carbonyl (C=O) groups excluding carboxylic acids is 1. The van der Waals surface area contributed by atoms with Gasteiger partial charge in [0.05, 0.1) is 18.6 Å². The van der Waals surface area contributed by atoms with E-state index in [1.807, 2.05) is 84.9 Å². The van der Waals surface area contributed by atoms with Crippen LogP contribution in [0.2, 0.25) is 0 Å². The highest BCUT2D eigenvalue weighted by Gasteiger charge is 2.26. The second kappa shape index (κ2) is 9.39. The number of amides is 1. The van der Waals surface area contributed by atoms with Crippen LogP contribution < -0.4 is 10.1 Å². The van der Waals surface area contributed by atoms with E-state index >= 15 is 0 Å². The minimum atomic E-state index is -1.07. The lowest BCUT2D eigenvalue weighted by Crippen LogP contribution is -2.43. The number of hydrogen-bond donors (Lipinski definition) is 2. The van der Waals surface area contributed by atoms with Gasteiger partial charge in [0, 0.05) is 13.0 Å². The van der Waals surface area contributed by atoms with Crippen molar-refractivity contribution in [1.29, 1.82) is 0 Å². The zero-order valence-electron chi connectivity index (χ0n) is 16.8. The molecule has 0 saturated heterocycles. The Hall–Kier alpha value is -3.11. The van der Waals surface area contributed by atoms with Gasteiger partial charge < -0.3 is 15.2 Å². The van der Waals surface area contributed by atoms with Crippen LogP contribution in [-0.2, 0) is 11.2 Å². The summed E-state index contributed by atoms with van der Waals surface area (Å²) >= 11 is 0. The first-order valence-electron chi connectivity index (χ1n) is 9.71. The van der Waals surface area contributed by atoms with Crippen molar-refractivity contribution in [2.45, 2.75) is 24.9 Å². The molecule has 0 saturated carbocycles. The van der Waals surface area contributed by atoms with Gasteiger partial charge in [0.15, 0.2) is 0 Å². The van der Waals surface area contributed by atoms with Crippen molar-refractivity contribution in [2.24, 2.45) is 0 Å². The van der Waals surface area contributed by atoms with Gasteiger partial charge in [0.25, 0.3) is 0 Å². The third-order valence-corrected chi connectivity index (χ3v) is 4.92. The van der Waals surface area contributed by atoms with Crippen molar-refractivity contribution in [3.63, 3.8) is 0 Å². The second-order valence-electron chi connectivity index (χ2n) is 7.49. The predicted octanol–water partition coefficient (Wildman–Crippen LogP) is 3.94. The molecule has 150 valence electrons. The van der Waals surface area contributed by atoms with Crippen molar-refractivity contribution >= 4 is 5.91 Å². The molecular weight excluding hydrogens is 362 g/mol. The molecule has 29 heavy (non-hydrogen) atoms. The summed E-state index contributed by atoms with van der Waals surface area (Å²) in [5, 5.41) is 13.8. The van der Waals surface area contributed by atoms with Crippen LogP contribution in [0.25, 0.3) is 0 Å². The standard InChI is InChI=1S/C25H27NO3/c1-25(28,17-19-13-15-22(29-2)16-14-19)18-26-24(27)23(20-9-5-3-6-10-20)21-11-7-4-8-12-21/h3-16,23,28H,17-18H2,1-2H3,(H,26,27)/t25-/m0/s1. The lowest BCUT2D eigenvalue weighted by molar-refractivity contribution is -0.122. The van der Waals surface area contributed by atoms with Crippen LogP contribution in [0.4, 0.5) is 0 Å². The van der Waals surface area contributed by atoms with E-state index in [1.54, 1.807) is 14.0 Å². The number of benzene rings is 3. The van der Waals surface area contributed by atoms with Gasteiger partial charge in [-0.05, 0) is 35.7 Å². The van der Waals surface area contributed by atoms with Crippen LogP contribution in [-0.4, -0.2) is 30.3 Å². The highest BCUT2D eigenvalue weighted by Crippen LogP contribution is 2.25. The minimum absolute atomic E-state index is 0.127. The Bertz CT molecular complexity index is 866. The Balaban J connectivity index is 1.70. The Morgan fingerprint density at radius 3 is 1.93 bits per heavy atom. The van der Waals surface area contributed by atoms with E-state index in [0.29, 0.717) is 6.42 Å². The first kappa shape index (κ1) is 20.6. The van der Waals surface area contributed by atoms with Gasteiger partial charge in [-0.25, -0.2) is 0 Å². The zero-order chi connectivity index (χ0) is 20.7. The quantitative estimate of drug-likeness (QED) is 0.614. The molecule has 2 N–H and O–H groups in total. The summed E-state index contributed by atoms with van der Waals surface area (Å²) in [7, 11) is 1.62. The van der Waals surface area contributed by atoms with Crippen molar-refractivity contribution in [3.05, 3.63) is 102 Å². The van der Waals surface area contributed by atoms with Crippen LogP contribution in [0, 0.1) is 0 Å². The fourth-order valence-corrected chi connectivity index (χ4v) is 3.41. The van der Waals surface area contributed by atoms with E-state index < -0.39 is 11.5 Å². The van der Waals surface area contributed by atoms with Gasteiger partial charge in [-0.3, -0.25) is 4.79 Å². The molecule has 3 rings (SSSR count). The van der Waals surface area contributed by atoms with Gasteiger partial charge in [-0.15, -0.1) is 0 Å². The highest BCUT2D eigenvalue weighted by atomic mass is 16.5. The normalized spacial score (nSPS) is 13.0. The number of aliphatic hydroxyl groups is 1. The summed E-state index contributed by atoms with van der Waals surface area (Å²) in [6.45, 7) is 1.89. The number of rotatable bonds is 8. The molecule has 0 fully saturated rings.